The number of hydrogen-bond acceptors (Lipinski definition) is 5. The van der Waals surface area contributed by atoms with Crippen LogP contribution in [0.5, 0.6) is 0 Å². The van der Waals surface area contributed by atoms with E-state index in [4.69, 9.17) is 21.1 Å². The third kappa shape index (κ3) is 2.05. The van der Waals surface area contributed by atoms with Gasteiger partial charge in [-0.1, -0.05) is 18.5 Å². The van der Waals surface area contributed by atoms with E-state index in [1.807, 2.05) is 6.92 Å². The van der Waals surface area contributed by atoms with E-state index in [9.17, 15) is 14.4 Å². The number of hydrogen-bond donors (Lipinski definition) is 0. The number of esters is 2. The molecule has 2 fully saturated rings. The molecule has 1 heterocycles. The Bertz CT molecular complexity index is 754. The molecule has 3 rings (SSSR count). The minimum atomic E-state index is -1.56. The van der Waals surface area contributed by atoms with Gasteiger partial charge in [0, 0.05) is 16.5 Å². The van der Waals surface area contributed by atoms with Crippen LogP contribution in [0, 0.1) is 16.7 Å². The molecule has 0 spiro atoms. The lowest BCUT2D eigenvalue weighted by molar-refractivity contribution is -0.166. The van der Waals surface area contributed by atoms with Crippen molar-refractivity contribution in [2.24, 2.45) is 16.7 Å². The Morgan fingerprint density at radius 3 is 2.32 bits per heavy atom. The molecule has 3 atom stereocenters. The van der Waals surface area contributed by atoms with Gasteiger partial charge in [0.05, 0.1) is 12.0 Å². The number of halogens is 1. The Labute approximate surface area is 151 Å². The average Bonchev–Trinajstić information content (AvgIpc) is 3.15. The zero-order valence-corrected chi connectivity index (χ0v) is 15.5. The van der Waals surface area contributed by atoms with E-state index in [0.717, 1.165) is 0 Å². The summed E-state index contributed by atoms with van der Waals surface area (Å²) in [5, 5.41) is 0.512. The molecule has 0 unspecified atom stereocenters. The molecule has 1 aliphatic carbocycles. The number of benzene rings is 1. The number of carbonyl (C=O) groups excluding carboxylic acids is 3. The highest BCUT2D eigenvalue weighted by molar-refractivity contribution is 6.30. The van der Waals surface area contributed by atoms with E-state index >= 15 is 0 Å². The van der Waals surface area contributed by atoms with Crippen molar-refractivity contribution in [1.29, 1.82) is 0 Å². The number of carbonyl (C=O) groups is 3. The summed E-state index contributed by atoms with van der Waals surface area (Å²) >= 11 is 5.90. The number of rotatable bonds is 5. The zero-order chi connectivity index (χ0) is 18.6. The number of ketones is 1. The zero-order valence-electron chi connectivity index (χ0n) is 14.7. The second kappa shape index (κ2) is 5.56. The average molecular weight is 365 g/mol. The standard InChI is InChI=1S/C19H21ClO5/c1-5-18(13(21)11-7-9-12(20)10-8-11)14-17(3,4)25-16(23)19(14,18)15(22)24-6-2/h7-10,14H,5-6H2,1-4H3/t14-,18-,19-/m0/s1. The van der Waals surface area contributed by atoms with Gasteiger partial charge in [0.1, 0.15) is 5.60 Å². The SMILES string of the molecule is CCOC(=O)[C@]12C(=O)OC(C)(C)[C@H]1[C@]2(CC)C(=O)c1ccc(Cl)cc1. The van der Waals surface area contributed by atoms with Crippen LogP contribution < -0.4 is 0 Å². The fraction of sp³-hybridized carbons (Fsp3) is 0.526. The predicted octanol–water partition coefficient (Wildman–Crippen LogP) is 3.43. The molecule has 0 N–H and O–H groups in total. The quantitative estimate of drug-likeness (QED) is 0.455. The van der Waals surface area contributed by atoms with Crippen LogP contribution in [0.2, 0.25) is 5.02 Å². The van der Waals surface area contributed by atoms with Crippen molar-refractivity contribution >= 4 is 29.3 Å². The van der Waals surface area contributed by atoms with Gasteiger partial charge in [0.25, 0.3) is 0 Å². The minimum absolute atomic E-state index is 0.135. The molecule has 0 amide bonds. The Kier molecular flexibility index (Phi) is 3.99. The molecule has 0 radical (unpaired) electrons. The molecule has 1 aromatic carbocycles. The van der Waals surface area contributed by atoms with Crippen LogP contribution in [0.3, 0.4) is 0 Å². The Balaban J connectivity index is 2.14. The van der Waals surface area contributed by atoms with E-state index in [2.05, 4.69) is 0 Å². The van der Waals surface area contributed by atoms with Crippen molar-refractivity contribution in [2.75, 3.05) is 6.61 Å². The summed E-state index contributed by atoms with van der Waals surface area (Å²) < 4.78 is 10.6. The van der Waals surface area contributed by atoms with E-state index in [1.54, 1.807) is 45.0 Å². The number of fused-ring (bicyclic) bond motifs is 1. The van der Waals surface area contributed by atoms with Gasteiger partial charge in [-0.25, -0.2) is 0 Å². The molecule has 5 nitrogen and oxygen atoms in total. The van der Waals surface area contributed by atoms with Gasteiger partial charge < -0.3 is 9.47 Å². The molecule has 2 aliphatic rings. The summed E-state index contributed by atoms with van der Waals surface area (Å²) in [4.78, 5) is 38.9. The van der Waals surface area contributed by atoms with Gasteiger partial charge in [0.2, 0.25) is 0 Å². The summed E-state index contributed by atoms with van der Waals surface area (Å²) in [6.45, 7) is 7.10. The van der Waals surface area contributed by atoms with Gasteiger partial charge in [-0.3, -0.25) is 14.4 Å². The highest BCUT2D eigenvalue weighted by Crippen LogP contribution is 2.80. The van der Waals surface area contributed by atoms with Crippen LogP contribution >= 0.6 is 11.6 Å². The van der Waals surface area contributed by atoms with Gasteiger partial charge >= 0.3 is 11.9 Å². The normalized spacial score (nSPS) is 31.9. The molecular formula is C19H21ClO5. The lowest BCUT2D eigenvalue weighted by Crippen LogP contribution is -2.40. The number of ether oxygens (including phenoxy) is 2. The second-order valence-corrected chi connectivity index (χ2v) is 7.55. The Hall–Kier alpha value is -1.88. The number of cyclic esters (lactones) is 1. The molecular weight excluding hydrogens is 344 g/mol. The Morgan fingerprint density at radius 2 is 1.80 bits per heavy atom. The Morgan fingerprint density at radius 1 is 1.20 bits per heavy atom. The van der Waals surface area contributed by atoms with Crippen molar-refractivity contribution in [2.45, 2.75) is 39.7 Å². The van der Waals surface area contributed by atoms with E-state index in [0.29, 0.717) is 17.0 Å². The fourth-order valence-corrected chi connectivity index (χ4v) is 4.89. The van der Waals surface area contributed by atoms with Crippen molar-refractivity contribution in [3.05, 3.63) is 34.9 Å². The molecule has 1 saturated carbocycles. The summed E-state index contributed by atoms with van der Waals surface area (Å²) in [5.74, 6) is -2.12. The molecule has 1 aliphatic heterocycles. The monoisotopic (exact) mass is 364 g/mol. The van der Waals surface area contributed by atoms with Crippen LogP contribution in [-0.4, -0.2) is 29.9 Å². The van der Waals surface area contributed by atoms with Gasteiger partial charge in [-0.15, -0.1) is 0 Å². The van der Waals surface area contributed by atoms with Crippen LogP contribution in [0.15, 0.2) is 24.3 Å². The molecule has 1 saturated heterocycles. The summed E-state index contributed by atoms with van der Waals surface area (Å²) in [6.07, 6.45) is 0.344. The van der Waals surface area contributed by atoms with Crippen molar-refractivity contribution in [3.8, 4) is 0 Å². The highest BCUT2D eigenvalue weighted by Gasteiger charge is 2.95. The maximum atomic E-state index is 13.4. The molecule has 25 heavy (non-hydrogen) atoms. The molecule has 134 valence electrons. The lowest BCUT2D eigenvalue weighted by Gasteiger charge is -2.28. The van der Waals surface area contributed by atoms with Crippen LogP contribution in [0.1, 0.15) is 44.5 Å². The maximum Gasteiger partial charge on any atom is 0.325 e. The van der Waals surface area contributed by atoms with Crippen LogP contribution in [-0.2, 0) is 19.1 Å². The van der Waals surface area contributed by atoms with Crippen molar-refractivity contribution < 1.29 is 23.9 Å². The molecule has 0 bridgehead atoms. The maximum absolute atomic E-state index is 13.4. The summed E-state index contributed by atoms with van der Waals surface area (Å²) in [5.41, 5.74) is -3.20. The topological polar surface area (TPSA) is 69.7 Å². The molecule has 1 aromatic rings. The lowest BCUT2D eigenvalue weighted by atomic mass is 9.81. The predicted molar refractivity (Wildman–Crippen MR) is 91.2 cm³/mol. The highest BCUT2D eigenvalue weighted by atomic mass is 35.5. The fourth-order valence-electron chi connectivity index (χ4n) is 4.77. The molecule has 6 heteroatoms. The second-order valence-electron chi connectivity index (χ2n) is 7.12. The first-order valence-electron chi connectivity index (χ1n) is 8.41. The first-order chi connectivity index (χ1) is 11.7. The molecule has 0 aromatic heterocycles. The van der Waals surface area contributed by atoms with Crippen molar-refractivity contribution in [3.63, 3.8) is 0 Å². The van der Waals surface area contributed by atoms with Crippen LogP contribution in [0.25, 0.3) is 0 Å². The smallest absolute Gasteiger partial charge is 0.325 e. The third-order valence-electron chi connectivity index (χ3n) is 5.59. The van der Waals surface area contributed by atoms with E-state index < -0.39 is 34.3 Å². The van der Waals surface area contributed by atoms with Gasteiger partial charge in [-0.2, -0.15) is 0 Å². The van der Waals surface area contributed by atoms with E-state index in [1.165, 1.54) is 0 Å². The van der Waals surface area contributed by atoms with Gasteiger partial charge in [0.15, 0.2) is 11.2 Å². The number of Topliss-reactive ketones (excluding diaryl/α,β-unsaturated/α-hetero) is 1. The first kappa shape index (κ1) is 17.9. The van der Waals surface area contributed by atoms with Crippen molar-refractivity contribution in [1.82, 2.24) is 0 Å². The minimum Gasteiger partial charge on any atom is -0.465 e. The summed E-state index contributed by atoms with van der Waals surface area (Å²) in [6, 6.07) is 6.48. The third-order valence-corrected chi connectivity index (χ3v) is 5.84. The first-order valence-corrected chi connectivity index (χ1v) is 8.79. The van der Waals surface area contributed by atoms with E-state index in [-0.39, 0.29) is 12.4 Å². The van der Waals surface area contributed by atoms with Gasteiger partial charge in [-0.05, 0) is 51.5 Å². The summed E-state index contributed by atoms with van der Waals surface area (Å²) in [7, 11) is 0. The van der Waals surface area contributed by atoms with Crippen LogP contribution in [0.4, 0.5) is 0 Å². The largest absolute Gasteiger partial charge is 0.465 e.